The van der Waals surface area contributed by atoms with Crippen molar-refractivity contribution in [1.29, 1.82) is 0 Å². The van der Waals surface area contributed by atoms with Gasteiger partial charge in [-0.2, -0.15) is 0 Å². The van der Waals surface area contributed by atoms with Crippen LogP contribution in [0, 0.1) is 0 Å². The highest BCUT2D eigenvalue weighted by Crippen LogP contribution is 2.13. The summed E-state index contributed by atoms with van der Waals surface area (Å²) in [4.78, 5) is 30.2. The van der Waals surface area contributed by atoms with Crippen LogP contribution in [0.25, 0.3) is 0 Å². The van der Waals surface area contributed by atoms with Gasteiger partial charge in [0.15, 0.2) is 0 Å². The number of nitrogens with zero attached hydrogens (tertiary/aromatic N) is 2. The molecule has 1 aliphatic heterocycles. The van der Waals surface area contributed by atoms with Crippen LogP contribution in [0.3, 0.4) is 0 Å². The van der Waals surface area contributed by atoms with Gasteiger partial charge in [0.1, 0.15) is 0 Å². The number of rotatable bonds is 6. The maximum Gasteiger partial charge on any atom is 0.315 e. The molecular weight excluding hydrogens is 356 g/mol. The molecule has 134 valence electrons. The van der Waals surface area contributed by atoms with E-state index in [1.165, 1.54) is 11.3 Å². The van der Waals surface area contributed by atoms with Gasteiger partial charge in [-0.25, -0.2) is 4.79 Å². The van der Waals surface area contributed by atoms with Gasteiger partial charge in [0.2, 0.25) is 0 Å². The quantitative estimate of drug-likeness (QED) is 0.809. The number of carbonyl (C=O) groups is 2. The predicted molar refractivity (Wildman–Crippen MR) is 101 cm³/mol. The average molecular weight is 379 g/mol. The maximum absolute atomic E-state index is 12.3. The molecule has 1 saturated heterocycles. The van der Waals surface area contributed by atoms with Crippen molar-refractivity contribution in [1.82, 2.24) is 20.4 Å². The van der Waals surface area contributed by atoms with Crippen LogP contribution in [0.1, 0.15) is 14.5 Å². The summed E-state index contributed by atoms with van der Waals surface area (Å²) in [5.41, 5.74) is 0. The molecule has 2 aromatic rings. The maximum atomic E-state index is 12.3. The topological polar surface area (TPSA) is 64.7 Å². The SMILES string of the molecule is O=C(NCCN1CCN(C(=O)c2cccs2)CC1)NCc1cccs1. The van der Waals surface area contributed by atoms with Crippen LogP contribution in [0.2, 0.25) is 0 Å². The van der Waals surface area contributed by atoms with E-state index in [1.807, 2.05) is 39.9 Å². The zero-order valence-corrected chi connectivity index (χ0v) is 15.6. The van der Waals surface area contributed by atoms with Gasteiger partial charge in [0, 0.05) is 44.1 Å². The van der Waals surface area contributed by atoms with E-state index in [0.717, 1.165) is 42.5 Å². The molecule has 0 unspecified atom stereocenters. The molecule has 0 atom stereocenters. The molecule has 8 heteroatoms. The van der Waals surface area contributed by atoms with Gasteiger partial charge < -0.3 is 15.5 Å². The number of piperazine rings is 1. The summed E-state index contributed by atoms with van der Waals surface area (Å²) in [6, 6.07) is 7.62. The Morgan fingerprint density at radius 2 is 1.76 bits per heavy atom. The number of amides is 3. The molecule has 0 bridgehead atoms. The number of hydrogen-bond donors (Lipinski definition) is 2. The first-order valence-electron chi connectivity index (χ1n) is 8.31. The molecule has 6 nitrogen and oxygen atoms in total. The third-order valence-corrected chi connectivity index (χ3v) is 5.84. The van der Waals surface area contributed by atoms with Crippen molar-refractivity contribution in [2.24, 2.45) is 0 Å². The van der Waals surface area contributed by atoms with Gasteiger partial charge in [-0.3, -0.25) is 9.69 Å². The van der Waals surface area contributed by atoms with E-state index in [0.29, 0.717) is 13.1 Å². The Balaban J connectivity index is 1.30. The fourth-order valence-corrected chi connectivity index (χ4v) is 4.04. The van der Waals surface area contributed by atoms with E-state index < -0.39 is 0 Å². The van der Waals surface area contributed by atoms with Crippen LogP contribution in [-0.4, -0.2) is 61.0 Å². The molecule has 0 saturated carbocycles. The Morgan fingerprint density at radius 1 is 1.00 bits per heavy atom. The predicted octanol–water partition coefficient (Wildman–Crippen LogP) is 2.07. The Bertz CT molecular complexity index is 665. The lowest BCUT2D eigenvalue weighted by molar-refractivity contribution is 0.0644. The van der Waals surface area contributed by atoms with Crippen LogP contribution in [0.4, 0.5) is 4.79 Å². The summed E-state index contributed by atoms with van der Waals surface area (Å²) in [6.07, 6.45) is 0. The van der Waals surface area contributed by atoms with Crippen molar-refractivity contribution in [3.63, 3.8) is 0 Å². The fourth-order valence-electron chi connectivity index (χ4n) is 2.70. The molecular formula is C17H22N4O2S2. The first-order chi connectivity index (χ1) is 12.2. The smallest absolute Gasteiger partial charge is 0.315 e. The first kappa shape index (κ1) is 17.9. The van der Waals surface area contributed by atoms with Crippen LogP contribution < -0.4 is 10.6 Å². The highest BCUT2D eigenvalue weighted by molar-refractivity contribution is 7.12. The lowest BCUT2D eigenvalue weighted by atomic mass is 10.3. The lowest BCUT2D eigenvalue weighted by Crippen LogP contribution is -2.50. The summed E-state index contributed by atoms with van der Waals surface area (Å²) >= 11 is 3.12. The van der Waals surface area contributed by atoms with E-state index in [4.69, 9.17) is 0 Å². The minimum Gasteiger partial charge on any atom is -0.337 e. The fraction of sp³-hybridized carbons (Fsp3) is 0.412. The molecule has 1 aliphatic rings. The third kappa shape index (κ3) is 5.29. The lowest BCUT2D eigenvalue weighted by Gasteiger charge is -2.34. The summed E-state index contributed by atoms with van der Waals surface area (Å²) in [6.45, 7) is 5.13. The van der Waals surface area contributed by atoms with Crippen LogP contribution in [0.15, 0.2) is 35.0 Å². The molecule has 0 aliphatic carbocycles. The van der Waals surface area contributed by atoms with Crippen LogP contribution >= 0.6 is 22.7 Å². The Hall–Kier alpha value is -1.90. The van der Waals surface area contributed by atoms with E-state index in [2.05, 4.69) is 15.5 Å². The molecule has 0 spiro atoms. The van der Waals surface area contributed by atoms with Crippen molar-refractivity contribution in [2.45, 2.75) is 6.54 Å². The number of thiophene rings is 2. The molecule has 1 fully saturated rings. The van der Waals surface area contributed by atoms with Gasteiger partial charge in [-0.1, -0.05) is 12.1 Å². The second-order valence-electron chi connectivity index (χ2n) is 5.80. The van der Waals surface area contributed by atoms with Gasteiger partial charge in [-0.15, -0.1) is 22.7 Å². The average Bonchev–Trinajstić information content (AvgIpc) is 3.34. The molecule has 25 heavy (non-hydrogen) atoms. The molecule has 0 aromatic carbocycles. The number of carbonyl (C=O) groups excluding carboxylic acids is 2. The normalized spacial score (nSPS) is 15.1. The standard InChI is InChI=1S/C17H22N4O2S2/c22-16(15-4-2-12-25-15)21-9-7-20(8-10-21)6-5-18-17(23)19-13-14-3-1-11-24-14/h1-4,11-12H,5-10,13H2,(H2,18,19,23). The number of nitrogens with one attached hydrogen (secondary N) is 2. The second-order valence-corrected chi connectivity index (χ2v) is 7.78. The summed E-state index contributed by atoms with van der Waals surface area (Å²) in [5, 5.41) is 9.66. The zero-order chi connectivity index (χ0) is 17.5. The molecule has 3 heterocycles. The third-order valence-electron chi connectivity index (χ3n) is 4.11. The van der Waals surface area contributed by atoms with Gasteiger partial charge in [0.05, 0.1) is 11.4 Å². The van der Waals surface area contributed by atoms with Crippen molar-refractivity contribution in [3.05, 3.63) is 44.8 Å². The van der Waals surface area contributed by atoms with E-state index >= 15 is 0 Å². The second kappa shape index (κ2) is 8.98. The van der Waals surface area contributed by atoms with Gasteiger partial charge >= 0.3 is 6.03 Å². The van der Waals surface area contributed by atoms with Crippen molar-refractivity contribution >= 4 is 34.6 Å². The van der Waals surface area contributed by atoms with E-state index in [9.17, 15) is 9.59 Å². The molecule has 0 radical (unpaired) electrons. The number of hydrogen-bond acceptors (Lipinski definition) is 5. The van der Waals surface area contributed by atoms with Crippen molar-refractivity contribution in [3.8, 4) is 0 Å². The highest BCUT2D eigenvalue weighted by atomic mass is 32.1. The molecule has 2 N–H and O–H groups in total. The van der Waals surface area contributed by atoms with E-state index in [1.54, 1.807) is 11.3 Å². The van der Waals surface area contributed by atoms with Gasteiger partial charge in [-0.05, 0) is 22.9 Å². The van der Waals surface area contributed by atoms with Gasteiger partial charge in [0.25, 0.3) is 5.91 Å². The zero-order valence-electron chi connectivity index (χ0n) is 13.9. The van der Waals surface area contributed by atoms with Crippen molar-refractivity contribution in [2.75, 3.05) is 39.3 Å². The molecule has 3 rings (SSSR count). The minimum atomic E-state index is -0.139. The van der Waals surface area contributed by atoms with E-state index in [-0.39, 0.29) is 11.9 Å². The Kier molecular flexibility index (Phi) is 6.43. The Morgan fingerprint density at radius 3 is 2.44 bits per heavy atom. The molecule has 3 amide bonds. The minimum absolute atomic E-state index is 0.126. The first-order valence-corrected chi connectivity index (χ1v) is 10.1. The van der Waals surface area contributed by atoms with Crippen LogP contribution in [-0.2, 0) is 6.54 Å². The summed E-state index contributed by atoms with van der Waals surface area (Å²) < 4.78 is 0. The summed E-state index contributed by atoms with van der Waals surface area (Å²) in [7, 11) is 0. The monoisotopic (exact) mass is 378 g/mol. The highest BCUT2D eigenvalue weighted by Gasteiger charge is 2.22. The number of urea groups is 1. The summed E-state index contributed by atoms with van der Waals surface area (Å²) in [5.74, 6) is 0.126. The largest absolute Gasteiger partial charge is 0.337 e. The molecule has 2 aromatic heterocycles. The Labute approximate surface area is 155 Å². The van der Waals surface area contributed by atoms with Crippen LogP contribution in [0.5, 0.6) is 0 Å². The van der Waals surface area contributed by atoms with Crippen molar-refractivity contribution < 1.29 is 9.59 Å².